The van der Waals surface area contributed by atoms with Crippen LogP contribution >= 0.6 is 0 Å². The number of methoxy groups -OCH3 is 1. The second-order valence-corrected chi connectivity index (χ2v) is 5.59. The van der Waals surface area contributed by atoms with Gasteiger partial charge < -0.3 is 9.64 Å². The molecule has 0 saturated heterocycles. The lowest BCUT2D eigenvalue weighted by Gasteiger charge is -2.17. The maximum absolute atomic E-state index is 12.7. The van der Waals surface area contributed by atoms with Crippen LogP contribution in [0.1, 0.15) is 50.0 Å². The van der Waals surface area contributed by atoms with E-state index < -0.39 is 5.97 Å². The van der Waals surface area contributed by atoms with Crippen LogP contribution in [0.3, 0.4) is 0 Å². The van der Waals surface area contributed by atoms with E-state index in [1.165, 1.54) is 31.5 Å². The van der Waals surface area contributed by atoms with Crippen molar-refractivity contribution in [3.63, 3.8) is 0 Å². The highest BCUT2D eigenvalue weighted by Crippen LogP contribution is 2.17. The molecular weight excluding hydrogens is 320 g/mol. The van der Waals surface area contributed by atoms with Crippen LogP contribution in [0.5, 0.6) is 0 Å². The Hall–Kier alpha value is -3.02. The highest BCUT2D eigenvalue weighted by Gasteiger charge is 2.19. The highest BCUT2D eigenvalue weighted by molar-refractivity contribution is 6.11. The molecule has 1 heterocycles. The van der Waals surface area contributed by atoms with Gasteiger partial charge in [-0.3, -0.25) is 14.6 Å². The monoisotopic (exact) mass is 340 g/mol. The van der Waals surface area contributed by atoms with Crippen molar-refractivity contribution in [1.29, 1.82) is 0 Å². The zero-order valence-electron chi connectivity index (χ0n) is 14.5. The number of amides is 1. The summed E-state index contributed by atoms with van der Waals surface area (Å²) in [5.41, 5.74) is 1.05. The highest BCUT2D eigenvalue weighted by atomic mass is 16.5. The maximum atomic E-state index is 12.7. The van der Waals surface area contributed by atoms with Crippen molar-refractivity contribution in [2.24, 2.45) is 0 Å². The molecule has 25 heavy (non-hydrogen) atoms. The molecule has 1 aromatic carbocycles. The van der Waals surface area contributed by atoms with E-state index in [-0.39, 0.29) is 28.4 Å². The van der Waals surface area contributed by atoms with Gasteiger partial charge in [-0.1, -0.05) is 6.92 Å². The average molecular weight is 340 g/mol. The van der Waals surface area contributed by atoms with Crippen LogP contribution in [-0.4, -0.2) is 48.2 Å². The Balaban J connectivity index is 2.49. The molecule has 0 unspecified atom stereocenters. The molecule has 0 N–H and O–H groups in total. The zero-order valence-corrected chi connectivity index (χ0v) is 14.5. The summed E-state index contributed by atoms with van der Waals surface area (Å²) in [7, 11) is 2.93. The second-order valence-electron chi connectivity index (χ2n) is 5.59. The van der Waals surface area contributed by atoms with Crippen molar-refractivity contribution < 1.29 is 19.1 Å². The van der Waals surface area contributed by atoms with Crippen molar-refractivity contribution in [2.45, 2.75) is 13.3 Å². The lowest BCUT2D eigenvalue weighted by molar-refractivity contribution is 0.0600. The van der Waals surface area contributed by atoms with E-state index in [0.29, 0.717) is 12.1 Å². The Morgan fingerprint density at radius 1 is 1.08 bits per heavy atom. The fraction of sp³-hybridized carbons (Fsp3) is 0.263. The summed E-state index contributed by atoms with van der Waals surface area (Å²) in [5, 5.41) is 0. The van der Waals surface area contributed by atoms with Gasteiger partial charge in [0.2, 0.25) is 0 Å². The minimum Gasteiger partial charge on any atom is -0.465 e. The third-order valence-corrected chi connectivity index (χ3v) is 3.69. The molecule has 0 spiro atoms. The molecule has 0 atom stereocenters. The molecule has 0 aliphatic heterocycles. The third-order valence-electron chi connectivity index (χ3n) is 3.69. The summed E-state index contributed by atoms with van der Waals surface area (Å²) in [6.45, 7) is 2.54. The van der Waals surface area contributed by atoms with Crippen LogP contribution in [0.25, 0.3) is 0 Å². The van der Waals surface area contributed by atoms with E-state index in [1.54, 1.807) is 30.3 Å². The van der Waals surface area contributed by atoms with Crippen LogP contribution in [0.2, 0.25) is 0 Å². The fourth-order valence-electron chi connectivity index (χ4n) is 2.44. The van der Waals surface area contributed by atoms with Gasteiger partial charge in [0.1, 0.15) is 0 Å². The van der Waals surface area contributed by atoms with Gasteiger partial charge in [0.25, 0.3) is 5.91 Å². The smallest absolute Gasteiger partial charge is 0.337 e. The molecule has 130 valence electrons. The largest absolute Gasteiger partial charge is 0.465 e. The number of aromatic nitrogens is 1. The summed E-state index contributed by atoms with van der Waals surface area (Å²) < 4.78 is 4.73. The van der Waals surface area contributed by atoms with E-state index in [9.17, 15) is 14.4 Å². The standard InChI is InChI=1S/C19H20N2O4/c1-4-8-21(2)18(23)15-9-14(10-16(11-15)19(24)25-3)17(22)13-6-5-7-20-12-13/h5-7,9-12H,4,8H2,1-3H3. The Kier molecular flexibility index (Phi) is 6.00. The van der Waals surface area contributed by atoms with Gasteiger partial charge in [0.05, 0.1) is 12.7 Å². The van der Waals surface area contributed by atoms with Crippen molar-refractivity contribution in [1.82, 2.24) is 9.88 Å². The van der Waals surface area contributed by atoms with Gasteiger partial charge in [-0.15, -0.1) is 0 Å². The van der Waals surface area contributed by atoms with Crippen LogP contribution < -0.4 is 0 Å². The minimum absolute atomic E-state index is 0.158. The van der Waals surface area contributed by atoms with Crippen molar-refractivity contribution >= 4 is 17.7 Å². The molecule has 0 bridgehead atoms. The van der Waals surface area contributed by atoms with Gasteiger partial charge in [-0.05, 0) is 36.8 Å². The first-order valence-electron chi connectivity index (χ1n) is 7.91. The van der Waals surface area contributed by atoms with E-state index in [1.807, 2.05) is 6.92 Å². The zero-order chi connectivity index (χ0) is 18.4. The Morgan fingerprint density at radius 3 is 2.36 bits per heavy atom. The van der Waals surface area contributed by atoms with Gasteiger partial charge in [-0.25, -0.2) is 4.79 Å². The predicted octanol–water partition coefficient (Wildman–Crippen LogP) is 2.58. The lowest BCUT2D eigenvalue weighted by Crippen LogP contribution is -2.28. The molecule has 0 aliphatic carbocycles. The Bertz CT molecular complexity index is 787. The van der Waals surface area contributed by atoms with Gasteiger partial charge >= 0.3 is 5.97 Å². The molecule has 6 heteroatoms. The van der Waals surface area contributed by atoms with E-state index >= 15 is 0 Å². The van der Waals surface area contributed by atoms with Crippen LogP contribution in [0.4, 0.5) is 0 Å². The molecule has 0 aliphatic rings. The van der Waals surface area contributed by atoms with Crippen molar-refractivity contribution in [2.75, 3.05) is 20.7 Å². The first kappa shape index (κ1) is 18.3. The first-order valence-corrected chi connectivity index (χ1v) is 7.91. The summed E-state index contributed by atoms with van der Waals surface area (Å²) in [6.07, 6.45) is 3.81. The molecular formula is C19H20N2O4. The third kappa shape index (κ3) is 4.29. The van der Waals surface area contributed by atoms with Crippen molar-refractivity contribution in [3.8, 4) is 0 Å². The molecule has 0 fully saturated rings. The summed E-state index contributed by atoms with van der Waals surface area (Å²) in [6, 6.07) is 7.65. The van der Waals surface area contributed by atoms with Crippen LogP contribution in [-0.2, 0) is 4.74 Å². The van der Waals surface area contributed by atoms with Crippen LogP contribution in [0, 0.1) is 0 Å². The van der Waals surface area contributed by atoms with E-state index in [2.05, 4.69) is 4.98 Å². The van der Waals surface area contributed by atoms with Crippen molar-refractivity contribution in [3.05, 3.63) is 65.0 Å². The predicted molar refractivity (Wildman–Crippen MR) is 92.7 cm³/mol. The van der Waals surface area contributed by atoms with Gasteiger partial charge in [0, 0.05) is 42.7 Å². The quantitative estimate of drug-likeness (QED) is 0.597. The minimum atomic E-state index is -0.604. The molecule has 0 saturated carbocycles. The van der Waals surface area contributed by atoms with Gasteiger partial charge in [-0.2, -0.15) is 0 Å². The average Bonchev–Trinajstić information content (AvgIpc) is 2.66. The second kappa shape index (κ2) is 8.19. The maximum Gasteiger partial charge on any atom is 0.337 e. The molecule has 2 aromatic rings. The fourth-order valence-corrected chi connectivity index (χ4v) is 2.44. The summed E-state index contributed by atoms with van der Waals surface area (Å²) in [5.74, 6) is -1.17. The Labute approximate surface area is 146 Å². The number of rotatable bonds is 6. The molecule has 1 amide bonds. The molecule has 6 nitrogen and oxygen atoms in total. The molecule has 0 radical (unpaired) electrons. The number of hydrogen-bond acceptors (Lipinski definition) is 5. The normalized spacial score (nSPS) is 10.2. The topological polar surface area (TPSA) is 76.6 Å². The van der Waals surface area contributed by atoms with E-state index in [0.717, 1.165) is 6.42 Å². The summed E-state index contributed by atoms with van der Waals surface area (Å²) in [4.78, 5) is 42.6. The number of carbonyl (C=O) groups is 3. The van der Waals surface area contributed by atoms with Crippen LogP contribution in [0.15, 0.2) is 42.7 Å². The van der Waals surface area contributed by atoms with E-state index in [4.69, 9.17) is 4.74 Å². The molecule has 1 aromatic heterocycles. The number of nitrogens with zero attached hydrogens (tertiary/aromatic N) is 2. The SMILES string of the molecule is CCCN(C)C(=O)c1cc(C(=O)OC)cc(C(=O)c2cccnc2)c1. The number of ketones is 1. The number of ether oxygens (including phenoxy) is 1. The first-order chi connectivity index (χ1) is 12.0. The Morgan fingerprint density at radius 2 is 1.76 bits per heavy atom. The lowest BCUT2D eigenvalue weighted by atomic mass is 9.99. The number of hydrogen-bond donors (Lipinski definition) is 0. The summed E-state index contributed by atoms with van der Waals surface area (Å²) >= 11 is 0. The number of carbonyl (C=O) groups excluding carboxylic acids is 3. The number of benzene rings is 1. The molecule has 2 rings (SSSR count). The number of pyridine rings is 1. The van der Waals surface area contributed by atoms with Gasteiger partial charge in [0.15, 0.2) is 5.78 Å². The number of esters is 1.